The average Bonchev–Trinajstić information content (AvgIpc) is 3.59. The molecule has 2 heterocycles. The van der Waals surface area contributed by atoms with Gasteiger partial charge in [-0.2, -0.15) is 5.26 Å². The molecule has 0 spiro atoms. The zero-order chi connectivity index (χ0) is 36.5. The molecule has 0 N–H and O–H groups in total. The van der Waals surface area contributed by atoms with E-state index in [9.17, 15) is 5.26 Å². The highest BCUT2D eigenvalue weighted by Gasteiger charge is 2.18. The average molecular weight is 700 g/mol. The fourth-order valence-electron chi connectivity index (χ4n) is 8.20. The molecule has 254 valence electrons. The van der Waals surface area contributed by atoms with Gasteiger partial charge in [0, 0.05) is 33.2 Å². The van der Waals surface area contributed by atoms with E-state index in [1.807, 2.05) is 78.9 Å². The van der Waals surface area contributed by atoms with Gasteiger partial charge in [0.05, 0.1) is 22.7 Å². The first-order chi connectivity index (χ1) is 27.2. The molecule has 0 aliphatic carbocycles. The van der Waals surface area contributed by atoms with Gasteiger partial charge in [0.1, 0.15) is 0 Å². The van der Waals surface area contributed by atoms with Gasteiger partial charge in [0.15, 0.2) is 17.5 Å². The summed E-state index contributed by atoms with van der Waals surface area (Å²) in [6, 6.07) is 63.5. The molecule has 11 aromatic rings. The SMILES string of the molecule is N#Cc1ccc2c(c1)c1cc(-c3cc4ccc5cc(-c6nc(-c7ccccc7)nc(-c7ccccc7)n6)cc6ccc(c3)c4c56)ccc1n2-c1ccccc1. The zero-order valence-corrected chi connectivity index (χ0v) is 29.5. The second kappa shape index (κ2) is 12.2. The zero-order valence-electron chi connectivity index (χ0n) is 29.5. The van der Waals surface area contributed by atoms with Gasteiger partial charge in [0.25, 0.3) is 0 Å². The quantitative estimate of drug-likeness (QED) is 0.168. The molecule has 0 aliphatic heterocycles. The fraction of sp³-hybridized carbons (Fsp3) is 0. The molecule has 0 aliphatic rings. The summed E-state index contributed by atoms with van der Waals surface area (Å²) in [5.74, 6) is 1.94. The highest BCUT2D eigenvalue weighted by molar-refractivity contribution is 6.24. The molecule has 5 nitrogen and oxygen atoms in total. The van der Waals surface area contributed by atoms with E-state index in [0.717, 1.165) is 66.1 Å². The van der Waals surface area contributed by atoms with Crippen LogP contribution < -0.4 is 0 Å². The lowest BCUT2D eigenvalue weighted by Crippen LogP contribution is -2.00. The standard InChI is InChI=1S/C50H29N5/c51-30-31-16-22-44-42(24-31)43-29-34(21-23-45(43)55(44)41-14-8-3-9-15-41)39-25-35-17-19-37-27-40(28-38-20-18-36(26-39)46(35)47(37)38)50-53-48(32-10-4-1-5-11-32)52-49(54-50)33-12-6-2-7-13-33/h1-29H. The Hall–Kier alpha value is -7.68. The second-order valence-corrected chi connectivity index (χ2v) is 14.0. The molecule has 0 amide bonds. The Labute approximate surface area is 316 Å². The van der Waals surface area contributed by atoms with E-state index in [1.165, 1.54) is 21.5 Å². The van der Waals surface area contributed by atoms with Crippen LogP contribution >= 0.6 is 0 Å². The number of aromatic nitrogens is 4. The number of benzene rings is 9. The van der Waals surface area contributed by atoms with E-state index in [4.69, 9.17) is 15.0 Å². The summed E-state index contributed by atoms with van der Waals surface area (Å²) in [5.41, 5.74) is 9.07. The predicted octanol–water partition coefficient (Wildman–Crippen LogP) is 12.4. The second-order valence-electron chi connectivity index (χ2n) is 14.0. The Morgan fingerprint density at radius 2 is 0.836 bits per heavy atom. The summed E-state index contributed by atoms with van der Waals surface area (Å²) in [4.78, 5) is 14.9. The van der Waals surface area contributed by atoms with Gasteiger partial charge in [0.2, 0.25) is 0 Å². The smallest absolute Gasteiger partial charge is 0.164 e. The van der Waals surface area contributed by atoms with Gasteiger partial charge in [-0.15, -0.1) is 0 Å². The Morgan fingerprint density at radius 1 is 0.382 bits per heavy atom. The first-order valence-electron chi connectivity index (χ1n) is 18.3. The van der Waals surface area contributed by atoms with Crippen LogP contribution in [0.15, 0.2) is 176 Å². The molecule has 0 fully saturated rings. The van der Waals surface area contributed by atoms with Crippen molar-refractivity contribution in [3.63, 3.8) is 0 Å². The molecule has 2 aromatic heterocycles. The molecule has 0 atom stereocenters. The predicted molar refractivity (Wildman–Crippen MR) is 224 cm³/mol. The number of nitriles is 1. The van der Waals surface area contributed by atoms with Gasteiger partial charge in [-0.3, -0.25) is 0 Å². The molecule has 0 saturated carbocycles. The van der Waals surface area contributed by atoms with E-state index in [-0.39, 0.29) is 0 Å². The van der Waals surface area contributed by atoms with Crippen LogP contribution in [-0.4, -0.2) is 19.5 Å². The molecule has 0 unspecified atom stereocenters. The van der Waals surface area contributed by atoms with Crippen LogP contribution in [0.4, 0.5) is 0 Å². The van der Waals surface area contributed by atoms with Crippen LogP contribution in [0.2, 0.25) is 0 Å². The largest absolute Gasteiger partial charge is 0.309 e. The van der Waals surface area contributed by atoms with Gasteiger partial charge >= 0.3 is 0 Å². The minimum Gasteiger partial charge on any atom is -0.309 e. The number of nitrogens with zero attached hydrogens (tertiary/aromatic N) is 5. The van der Waals surface area contributed by atoms with E-state index in [1.54, 1.807) is 0 Å². The summed E-state index contributed by atoms with van der Waals surface area (Å²) >= 11 is 0. The third kappa shape index (κ3) is 5.04. The van der Waals surface area contributed by atoms with E-state index < -0.39 is 0 Å². The lowest BCUT2D eigenvalue weighted by molar-refractivity contribution is 1.07. The van der Waals surface area contributed by atoms with Crippen LogP contribution in [0, 0.1) is 11.3 Å². The maximum atomic E-state index is 9.77. The third-order valence-corrected chi connectivity index (χ3v) is 10.7. The number of para-hydroxylation sites is 1. The van der Waals surface area contributed by atoms with E-state index in [0.29, 0.717) is 23.0 Å². The van der Waals surface area contributed by atoms with Crippen LogP contribution in [0.1, 0.15) is 5.56 Å². The van der Waals surface area contributed by atoms with E-state index >= 15 is 0 Å². The van der Waals surface area contributed by atoms with Crippen molar-refractivity contribution in [3.05, 3.63) is 181 Å². The molecular weight excluding hydrogens is 671 g/mol. The molecular formula is C50H29N5. The monoisotopic (exact) mass is 699 g/mol. The van der Waals surface area contributed by atoms with Crippen LogP contribution in [0.25, 0.3) is 105 Å². The van der Waals surface area contributed by atoms with Gasteiger partial charge < -0.3 is 4.57 Å². The molecule has 55 heavy (non-hydrogen) atoms. The maximum absolute atomic E-state index is 9.77. The van der Waals surface area contributed by atoms with Crippen LogP contribution in [0.3, 0.4) is 0 Å². The highest BCUT2D eigenvalue weighted by Crippen LogP contribution is 2.41. The van der Waals surface area contributed by atoms with Crippen molar-refractivity contribution in [1.29, 1.82) is 5.26 Å². The van der Waals surface area contributed by atoms with Crippen LogP contribution in [-0.2, 0) is 0 Å². The van der Waals surface area contributed by atoms with Crippen molar-refractivity contribution >= 4 is 54.1 Å². The minimum atomic E-state index is 0.645. The Bertz CT molecular complexity index is 3180. The summed E-state index contributed by atoms with van der Waals surface area (Å²) < 4.78 is 2.28. The summed E-state index contributed by atoms with van der Waals surface area (Å²) in [7, 11) is 0. The first-order valence-corrected chi connectivity index (χ1v) is 18.3. The van der Waals surface area contributed by atoms with Gasteiger partial charge in [-0.05, 0) is 110 Å². The summed E-state index contributed by atoms with van der Waals surface area (Å²) in [6.07, 6.45) is 0. The topological polar surface area (TPSA) is 67.4 Å². The summed E-state index contributed by atoms with van der Waals surface area (Å²) in [6.45, 7) is 0. The number of hydrogen-bond donors (Lipinski definition) is 0. The molecule has 5 heteroatoms. The van der Waals surface area contributed by atoms with Crippen molar-refractivity contribution < 1.29 is 0 Å². The minimum absolute atomic E-state index is 0.645. The van der Waals surface area contributed by atoms with E-state index in [2.05, 4.69) is 108 Å². The molecule has 0 bridgehead atoms. The molecule has 0 radical (unpaired) electrons. The Morgan fingerprint density at radius 3 is 1.36 bits per heavy atom. The molecule has 0 saturated heterocycles. The lowest BCUT2D eigenvalue weighted by atomic mass is 9.90. The number of rotatable bonds is 5. The number of fused-ring (bicyclic) bond motifs is 3. The van der Waals surface area contributed by atoms with Gasteiger partial charge in [-0.1, -0.05) is 109 Å². The first kappa shape index (κ1) is 30.9. The fourth-order valence-corrected chi connectivity index (χ4v) is 8.20. The van der Waals surface area contributed by atoms with Crippen molar-refractivity contribution in [1.82, 2.24) is 19.5 Å². The normalized spacial score (nSPS) is 11.6. The third-order valence-electron chi connectivity index (χ3n) is 10.7. The van der Waals surface area contributed by atoms with Crippen molar-refractivity contribution in [3.8, 4) is 57.0 Å². The Balaban J connectivity index is 1.05. The van der Waals surface area contributed by atoms with Crippen molar-refractivity contribution in [2.24, 2.45) is 0 Å². The Kier molecular flexibility index (Phi) is 6.85. The molecule has 11 rings (SSSR count). The van der Waals surface area contributed by atoms with Gasteiger partial charge in [-0.25, -0.2) is 15.0 Å². The highest BCUT2D eigenvalue weighted by atomic mass is 15.0. The molecule has 9 aromatic carbocycles. The number of hydrogen-bond acceptors (Lipinski definition) is 4. The van der Waals surface area contributed by atoms with Crippen molar-refractivity contribution in [2.75, 3.05) is 0 Å². The maximum Gasteiger partial charge on any atom is 0.164 e. The van der Waals surface area contributed by atoms with Crippen LogP contribution in [0.5, 0.6) is 0 Å². The lowest BCUT2D eigenvalue weighted by Gasteiger charge is -2.15. The van der Waals surface area contributed by atoms with Crippen molar-refractivity contribution in [2.45, 2.75) is 0 Å². The summed E-state index contributed by atoms with van der Waals surface area (Å²) in [5, 5.41) is 19.1.